The zero-order valence-electron chi connectivity index (χ0n) is 9.57. The van der Waals surface area contributed by atoms with Gasteiger partial charge in [0.2, 0.25) is 0 Å². The molecule has 0 saturated carbocycles. The van der Waals surface area contributed by atoms with Gasteiger partial charge in [0, 0.05) is 31.0 Å². The maximum absolute atomic E-state index is 5.43. The molecule has 1 atom stereocenters. The number of hydrogen-bond donors (Lipinski definition) is 1. The van der Waals surface area contributed by atoms with Gasteiger partial charge in [-0.3, -0.25) is 4.98 Å². The molecule has 1 unspecified atom stereocenters. The van der Waals surface area contributed by atoms with Gasteiger partial charge in [0.25, 0.3) is 0 Å². The van der Waals surface area contributed by atoms with Crippen LogP contribution in [0.25, 0.3) is 0 Å². The highest BCUT2D eigenvalue weighted by Gasteiger charge is 2.08. The molecule has 0 aliphatic carbocycles. The largest absolute Gasteiger partial charge is 0.380 e. The molecule has 84 valence electrons. The lowest BCUT2D eigenvalue weighted by Crippen LogP contribution is -2.35. The summed E-state index contributed by atoms with van der Waals surface area (Å²) in [6.45, 7) is 6.61. The minimum Gasteiger partial charge on any atom is -0.380 e. The summed E-state index contributed by atoms with van der Waals surface area (Å²) in [6.07, 6.45) is 2.76. The van der Waals surface area contributed by atoms with E-state index in [0.717, 1.165) is 31.9 Å². The molecule has 1 rings (SSSR count). The molecule has 3 nitrogen and oxygen atoms in total. The highest BCUT2D eigenvalue weighted by Crippen LogP contribution is 2.00. The summed E-state index contributed by atoms with van der Waals surface area (Å²) < 4.78 is 5.43. The van der Waals surface area contributed by atoms with Crippen LogP contribution < -0.4 is 5.32 Å². The fraction of sp³-hybridized carbons (Fsp3) is 0.583. The molecule has 0 aliphatic rings. The number of ether oxygens (including phenoxy) is 1. The topological polar surface area (TPSA) is 34.1 Å². The quantitative estimate of drug-likeness (QED) is 0.739. The smallest absolute Gasteiger partial charge is 0.0623 e. The van der Waals surface area contributed by atoms with Gasteiger partial charge in [0.05, 0.1) is 6.61 Å². The number of likely N-dealkylation sites (N-methyl/N-ethyl adjacent to an activating group) is 1. The number of rotatable bonds is 7. The molecule has 15 heavy (non-hydrogen) atoms. The maximum atomic E-state index is 5.43. The Morgan fingerprint density at radius 1 is 1.40 bits per heavy atom. The van der Waals surface area contributed by atoms with Gasteiger partial charge in [-0.25, -0.2) is 0 Å². The van der Waals surface area contributed by atoms with Crippen LogP contribution in [0.1, 0.15) is 19.5 Å². The molecule has 0 aromatic carbocycles. The van der Waals surface area contributed by atoms with Crippen LogP contribution in [0.2, 0.25) is 0 Å². The third kappa shape index (κ3) is 4.91. The van der Waals surface area contributed by atoms with Crippen molar-refractivity contribution < 1.29 is 4.74 Å². The first-order chi connectivity index (χ1) is 7.36. The molecule has 0 radical (unpaired) electrons. The lowest BCUT2D eigenvalue weighted by molar-refractivity contribution is 0.123. The Morgan fingerprint density at radius 3 is 2.87 bits per heavy atom. The predicted molar refractivity (Wildman–Crippen MR) is 61.9 cm³/mol. The van der Waals surface area contributed by atoms with Crippen molar-refractivity contribution >= 4 is 0 Å². The van der Waals surface area contributed by atoms with E-state index in [-0.39, 0.29) is 0 Å². The Balaban J connectivity index is 2.43. The van der Waals surface area contributed by atoms with Crippen molar-refractivity contribution in [3.8, 4) is 0 Å². The summed E-state index contributed by atoms with van der Waals surface area (Å²) >= 11 is 0. The van der Waals surface area contributed by atoms with Gasteiger partial charge in [-0.05, 0) is 25.6 Å². The van der Waals surface area contributed by atoms with Gasteiger partial charge < -0.3 is 10.1 Å². The summed E-state index contributed by atoms with van der Waals surface area (Å²) in [5.41, 5.74) is 1.11. The van der Waals surface area contributed by atoms with Crippen LogP contribution >= 0.6 is 0 Å². The Kier molecular flexibility index (Phi) is 5.97. The van der Waals surface area contributed by atoms with Crippen LogP contribution in [0.4, 0.5) is 0 Å². The van der Waals surface area contributed by atoms with Gasteiger partial charge in [-0.1, -0.05) is 13.0 Å². The first-order valence-electron chi connectivity index (χ1n) is 5.57. The van der Waals surface area contributed by atoms with Crippen molar-refractivity contribution in [2.45, 2.75) is 26.3 Å². The highest BCUT2D eigenvalue weighted by molar-refractivity contribution is 5.05. The third-order valence-electron chi connectivity index (χ3n) is 2.20. The number of aromatic nitrogens is 1. The van der Waals surface area contributed by atoms with E-state index in [2.05, 4.69) is 23.3 Å². The van der Waals surface area contributed by atoms with E-state index in [1.54, 1.807) is 0 Å². The number of nitrogens with one attached hydrogen (secondary N) is 1. The zero-order valence-corrected chi connectivity index (χ0v) is 9.57. The Bertz CT molecular complexity index is 251. The van der Waals surface area contributed by atoms with Crippen molar-refractivity contribution in [2.75, 3.05) is 19.8 Å². The SMILES string of the molecule is CCNC(COCC)Cc1ccccn1. The monoisotopic (exact) mass is 208 g/mol. The minimum atomic E-state index is 0.366. The molecule has 1 N–H and O–H groups in total. The molecular formula is C12H20N2O. The van der Waals surface area contributed by atoms with Crippen molar-refractivity contribution in [1.82, 2.24) is 10.3 Å². The second kappa shape index (κ2) is 7.37. The molecule has 0 aliphatic heterocycles. The van der Waals surface area contributed by atoms with E-state index in [4.69, 9.17) is 4.74 Å². The number of nitrogens with zero attached hydrogens (tertiary/aromatic N) is 1. The van der Waals surface area contributed by atoms with E-state index in [1.807, 2.05) is 25.3 Å². The van der Waals surface area contributed by atoms with Crippen LogP contribution in [-0.2, 0) is 11.2 Å². The lowest BCUT2D eigenvalue weighted by Gasteiger charge is -2.16. The molecular weight excluding hydrogens is 188 g/mol. The molecule has 1 aromatic rings. The molecule has 1 heterocycles. The standard InChI is InChI=1S/C12H20N2O/c1-3-13-12(10-15-4-2)9-11-7-5-6-8-14-11/h5-8,12-13H,3-4,9-10H2,1-2H3. The average Bonchev–Trinajstić information content (AvgIpc) is 2.28. The lowest BCUT2D eigenvalue weighted by atomic mass is 10.1. The van der Waals surface area contributed by atoms with Gasteiger partial charge >= 0.3 is 0 Å². The van der Waals surface area contributed by atoms with Crippen molar-refractivity contribution in [3.05, 3.63) is 30.1 Å². The van der Waals surface area contributed by atoms with Gasteiger partial charge in [0.1, 0.15) is 0 Å². The highest BCUT2D eigenvalue weighted by atomic mass is 16.5. The maximum Gasteiger partial charge on any atom is 0.0623 e. The van der Waals surface area contributed by atoms with E-state index in [0.29, 0.717) is 6.04 Å². The molecule has 0 spiro atoms. The summed E-state index contributed by atoms with van der Waals surface area (Å²) in [5, 5.41) is 3.40. The third-order valence-corrected chi connectivity index (χ3v) is 2.20. The fourth-order valence-corrected chi connectivity index (χ4v) is 1.51. The second-order valence-corrected chi connectivity index (χ2v) is 3.44. The zero-order chi connectivity index (χ0) is 10.9. The Hall–Kier alpha value is -0.930. The van der Waals surface area contributed by atoms with Gasteiger partial charge in [0.15, 0.2) is 0 Å². The second-order valence-electron chi connectivity index (χ2n) is 3.44. The Labute approximate surface area is 91.9 Å². The molecule has 3 heteroatoms. The molecule has 1 aromatic heterocycles. The van der Waals surface area contributed by atoms with Crippen LogP contribution in [0.3, 0.4) is 0 Å². The molecule has 0 fully saturated rings. The Morgan fingerprint density at radius 2 is 2.27 bits per heavy atom. The van der Waals surface area contributed by atoms with Crippen LogP contribution in [0.5, 0.6) is 0 Å². The van der Waals surface area contributed by atoms with Crippen LogP contribution in [0.15, 0.2) is 24.4 Å². The first-order valence-corrected chi connectivity index (χ1v) is 5.57. The number of hydrogen-bond acceptors (Lipinski definition) is 3. The normalized spacial score (nSPS) is 12.7. The minimum absolute atomic E-state index is 0.366. The van der Waals surface area contributed by atoms with Crippen LogP contribution in [-0.4, -0.2) is 30.8 Å². The summed E-state index contributed by atoms with van der Waals surface area (Å²) in [6, 6.07) is 6.38. The molecule has 0 bridgehead atoms. The van der Waals surface area contributed by atoms with E-state index < -0.39 is 0 Å². The summed E-state index contributed by atoms with van der Waals surface area (Å²) in [7, 11) is 0. The van der Waals surface area contributed by atoms with Gasteiger partial charge in [-0.2, -0.15) is 0 Å². The fourth-order valence-electron chi connectivity index (χ4n) is 1.51. The van der Waals surface area contributed by atoms with E-state index >= 15 is 0 Å². The van der Waals surface area contributed by atoms with E-state index in [1.165, 1.54) is 0 Å². The first kappa shape index (κ1) is 12.1. The van der Waals surface area contributed by atoms with Crippen molar-refractivity contribution in [2.24, 2.45) is 0 Å². The summed E-state index contributed by atoms with van der Waals surface area (Å²) in [4.78, 5) is 4.31. The number of pyridine rings is 1. The van der Waals surface area contributed by atoms with Gasteiger partial charge in [-0.15, -0.1) is 0 Å². The van der Waals surface area contributed by atoms with E-state index in [9.17, 15) is 0 Å². The molecule has 0 saturated heterocycles. The van der Waals surface area contributed by atoms with Crippen molar-refractivity contribution in [3.63, 3.8) is 0 Å². The van der Waals surface area contributed by atoms with Crippen LogP contribution in [0, 0.1) is 0 Å². The van der Waals surface area contributed by atoms with Crippen molar-refractivity contribution in [1.29, 1.82) is 0 Å². The average molecular weight is 208 g/mol. The predicted octanol–water partition coefficient (Wildman–Crippen LogP) is 1.64. The molecule has 0 amide bonds. The summed E-state index contributed by atoms with van der Waals surface area (Å²) in [5.74, 6) is 0.